The zero-order valence-electron chi connectivity index (χ0n) is 14.5. The van der Waals surface area contributed by atoms with Crippen molar-refractivity contribution in [1.82, 2.24) is 19.4 Å². The quantitative estimate of drug-likeness (QED) is 0.787. The van der Waals surface area contributed by atoms with Gasteiger partial charge in [0.2, 0.25) is 0 Å². The molecule has 0 saturated carbocycles. The number of nitrogens with zero attached hydrogens (tertiary/aromatic N) is 3. The van der Waals surface area contributed by atoms with E-state index in [9.17, 15) is 9.59 Å². The number of carbonyl (C=O) groups excluding carboxylic acids is 1. The van der Waals surface area contributed by atoms with E-state index >= 15 is 0 Å². The number of nitrogens with one attached hydrogen (secondary N) is 1. The molecule has 1 aromatic carbocycles. The second-order valence-corrected chi connectivity index (χ2v) is 6.32. The molecule has 0 aliphatic carbocycles. The summed E-state index contributed by atoms with van der Waals surface area (Å²) < 4.78 is 3.34. The van der Waals surface area contributed by atoms with Crippen LogP contribution in [0, 0.1) is 0 Å². The maximum Gasteiger partial charge on any atom is 0.274 e. The van der Waals surface area contributed by atoms with Crippen LogP contribution in [-0.4, -0.2) is 47.1 Å². The van der Waals surface area contributed by atoms with Gasteiger partial charge in [0, 0.05) is 49.7 Å². The van der Waals surface area contributed by atoms with Crippen molar-refractivity contribution in [3.05, 3.63) is 46.4 Å². The predicted octanol–water partition coefficient (Wildman–Crippen LogP) is 1.32. The second-order valence-electron chi connectivity index (χ2n) is 6.32. The van der Waals surface area contributed by atoms with E-state index < -0.39 is 0 Å². The number of hydrogen-bond donors (Lipinski definition) is 1. The number of pyridine rings is 1. The fourth-order valence-corrected chi connectivity index (χ4v) is 3.06. The van der Waals surface area contributed by atoms with Crippen molar-refractivity contribution in [2.75, 3.05) is 27.2 Å². The number of carbonyl (C=O) groups is 1. The van der Waals surface area contributed by atoms with Gasteiger partial charge in [-0.2, -0.15) is 0 Å². The molecule has 6 nitrogen and oxygen atoms in total. The fraction of sp³-hybridized carbons (Fsp3) is 0.333. The highest BCUT2D eigenvalue weighted by atomic mass is 16.2. The van der Waals surface area contributed by atoms with Crippen molar-refractivity contribution in [1.29, 1.82) is 0 Å². The highest BCUT2D eigenvalue weighted by Crippen LogP contribution is 2.28. The van der Waals surface area contributed by atoms with Crippen LogP contribution in [0.25, 0.3) is 21.8 Å². The third kappa shape index (κ3) is 2.59. The van der Waals surface area contributed by atoms with Crippen molar-refractivity contribution in [2.45, 2.75) is 0 Å². The van der Waals surface area contributed by atoms with Crippen LogP contribution in [0.1, 0.15) is 10.4 Å². The van der Waals surface area contributed by atoms with Crippen molar-refractivity contribution in [3.8, 4) is 0 Å². The zero-order valence-corrected chi connectivity index (χ0v) is 14.5. The fourth-order valence-electron chi connectivity index (χ4n) is 3.06. The Labute approximate surface area is 140 Å². The third-order valence-electron chi connectivity index (χ3n) is 4.31. The van der Waals surface area contributed by atoms with Gasteiger partial charge >= 0.3 is 0 Å². The Morgan fingerprint density at radius 1 is 1.21 bits per heavy atom. The number of fused-ring (bicyclic) bond motifs is 3. The first-order valence-corrected chi connectivity index (χ1v) is 7.91. The Balaban J connectivity index is 2.21. The lowest BCUT2D eigenvalue weighted by Crippen LogP contribution is -2.32. The molecule has 3 rings (SSSR count). The summed E-state index contributed by atoms with van der Waals surface area (Å²) in [7, 11) is 7.46. The Kier molecular flexibility index (Phi) is 4.15. The molecule has 0 fully saturated rings. The number of amides is 1. The summed E-state index contributed by atoms with van der Waals surface area (Å²) in [5.74, 6) is -0.159. The number of rotatable bonds is 4. The molecule has 2 heterocycles. The van der Waals surface area contributed by atoms with Crippen LogP contribution in [0.5, 0.6) is 0 Å². The number of benzene rings is 1. The van der Waals surface area contributed by atoms with Crippen LogP contribution in [0.4, 0.5) is 0 Å². The summed E-state index contributed by atoms with van der Waals surface area (Å²) in [6.07, 6.45) is 1.63. The number of likely N-dealkylation sites (N-methyl/N-ethyl adjacent to an activating group) is 1. The van der Waals surface area contributed by atoms with Crippen molar-refractivity contribution < 1.29 is 4.79 Å². The Morgan fingerprint density at radius 3 is 2.62 bits per heavy atom. The molecule has 1 amide bonds. The molecule has 6 heteroatoms. The molecule has 1 N–H and O–H groups in total. The van der Waals surface area contributed by atoms with Crippen molar-refractivity contribution in [2.24, 2.45) is 14.1 Å². The van der Waals surface area contributed by atoms with E-state index in [-0.39, 0.29) is 11.5 Å². The number of aromatic nitrogens is 2. The topological polar surface area (TPSA) is 59.3 Å². The Morgan fingerprint density at radius 2 is 1.92 bits per heavy atom. The minimum Gasteiger partial charge on any atom is -0.351 e. The monoisotopic (exact) mass is 326 g/mol. The van der Waals surface area contributed by atoms with Gasteiger partial charge in [0.25, 0.3) is 11.5 Å². The molecule has 3 aromatic rings. The molecule has 126 valence electrons. The lowest BCUT2D eigenvalue weighted by molar-refractivity contribution is 0.0952. The van der Waals surface area contributed by atoms with E-state index in [1.165, 1.54) is 4.57 Å². The van der Waals surface area contributed by atoms with Gasteiger partial charge in [-0.25, -0.2) is 0 Å². The number of aryl methyl sites for hydroxylation is 2. The summed E-state index contributed by atoms with van der Waals surface area (Å²) in [5, 5.41) is 4.58. The van der Waals surface area contributed by atoms with Crippen molar-refractivity contribution >= 4 is 27.7 Å². The first-order chi connectivity index (χ1) is 11.4. The number of hydrogen-bond acceptors (Lipinski definition) is 3. The van der Waals surface area contributed by atoms with Crippen LogP contribution >= 0.6 is 0 Å². The maximum absolute atomic E-state index is 12.7. The van der Waals surface area contributed by atoms with E-state index in [4.69, 9.17) is 0 Å². The molecule has 0 spiro atoms. The highest BCUT2D eigenvalue weighted by Gasteiger charge is 2.20. The van der Waals surface area contributed by atoms with Crippen LogP contribution in [0.15, 0.2) is 35.3 Å². The number of para-hydroxylation sites is 1. The van der Waals surface area contributed by atoms with Crippen LogP contribution in [0.2, 0.25) is 0 Å². The van der Waals surface area contributed by atoms with Gasteiger partial charge < -0.3 is 19.4 Å². The highest BCUT2D eigenvalue weighted by molar-refractivity contribution is 6.17. The molecule has 2 aromatic heterocycles. The molecular weight excluding hydrogens is 304 g/mol. The van der Waals surface area contributed by atoms with E-state index in [0.717, 1.165) is 22.8 Å². The lowest BCUT2D eigenvalue weighted by Gasteiger charge is -2.12. The summed E-state index contributed by atoms with van der Waals surface area (Å²) in [6.45, 7) is 1.32. The predicted molar refractivity (Wildman–Crippen MR) is 96.6 cm³/mol. The first kappa shape index (κ1) is 16.3. The van der Waals surface area contributed by atoms with E-state index in [1.807, 2.05) is 54.9 Å². The molecular formula is C18H22N4O2. The molecule has 0 aliphatic heterocycles. The standard InChI is InChI=1S/C18H22N4O2/c1-20(2)10-9-19-17(23)13-11-21(3)18(24)16-15(13)12-7-5-6-8-14(12)22(16)4/h5-8,11H,9-10H2,1-4H3,(H,19,23). The average molecular weight is 326 g/mol. The van der Waals surface area contributed by atoms with Crippen LogP contribution < -0.4 is 10.9 Å². The van der Waals surface area contributed by atoms with Gasteiger partial charge in [-0.3, -0.25) is 9.59 Å². The van der Waals surface area contributed by atoms with Gasteiger partial charge in [0.05, 0.1) is 5.56 Å². The van der Waals surface area contributed by atoms with Gasteiger partial charge in [-0.1, -0.05) is 18.2 Å². The largest absolute Gasteiger partial charge is 0.351 e. The first-order valence-electron chi connectivity index (χ1n) is 7.91. The molecule has 0 unspecified atom stereocenters. The minimum atomic E-state index is -0.159. The van der Waals surface area contributed by atoms with Crippen LogP contribution in [-0.2, 0) is 14.1 Å². The minimum absolute atomic E-state index is 0.103. The van der Waals surface area contributed by atoms with Crippen molar-refractivity contribution in [3.63, 3.8) is 0 Å². The molecule has 0 bridgehead atoms. The normalized spacial score (nSPS) is 11.5. The maximum atomic E-state index is 12.7. The molecule has 0 saturated heterocycles. The lowest BCUT2D eigenvalue weighted by atomic mass is 10.1. The summed E-state index contributed by atoms with van der Waals surface area (Å²) in [5.41, 5.74) is 1.92. The summed E-state index contributed by atoms with van der Waals surface area (Å²) in [4.78, 5) is 27.3. The van der Waals surface area contributed by atoms with E-state index in [2.05, 4.69) is 5.32 Å². The smallest absolute Gasteiger partial charge is 0.274 e. The Hall–Kier alpha value is -2.60. The summed E-state index contributed by atoms with van der Waals surface area (Å²) in [6, 6.07) is 7.77. The SMILES string of the molecule is CN(C)CCNC(=O)c1cn(C)c(=O)c2c1c1ccccc1n2C. The summed E-state index contributed by atoms with van der Waals surface area (Å²) >= 11 is 0. The van der Waals surface area contributed by atoms with E-state index in [0.29, 0.717) is 17.6 Å². The van der Waals surface area contributed by atoms with E-state index in [1.54, 1.807) is 13.2 Å². The van der Waals surface area contributed by atoms with Gasteiger partial charge in [-0.15, -0.1) is 0 Å². The molecule has 24 heavy (non-hydrogen) atoms. The third-order valence-corrected chi connectivity index (χ3v) is 4.31. The van der Waals surface area contributed by atoms with Crippen LogP contribution in [0.3, 0.4) is 0 Å². The second kappa shape index (κ2) is 6.13. The molecule has 0 radical (unpaired) electrons. The average Bonchev–Trinajstić information content (AvgIpc) is 2.84. The van der Waals surface area contributed by atoms with Gasteiger partial charge in [0.1, 0.15) is 5.52 Å². The zero-order chi connectivity index (χ0) is 17.4. The van der Waals surface area contributed by atoms with Gasteiger partial charge in [0.15, 0.2) is 0 Å². The molecule has 0 aliphatic rings. The van der Waals surface area contributed by atoms with Gasteiger partial charge in [-0.05, 0) is 20.2 Å². The Bertz CT molecular complexity index is 982. The molecule has 0 atom stereocenters.